The number of nitrogens with zero attached hydrogens (tertiary/aromatic N) is 2. The number of hydrogen-bond acceptors (Lipinski definition) is 7. The van der Waals surface area contributed by atoms with Crippen molar-refractivity contribution >= 4 is 23.9 Å². The van der Waals surface area contributed by atoms with Crippen molar-refractivity contribution in [3.05, 3.63) is 71.3 Å². The highest BCUT2D eigenvalue weighted by molar-refractivity contribution is 5.95. The van der Waals surface area contributed by atoms with Gasteiger partial charge < -0.3 is 25.0 Å². The summed E-state index contributed by atoms with van der Waals surface area (Å²) in [4.78, 5) is 54.6. The highest BCUT2D eigenvalue weighted by Gasteiger charge is 2.41. The smallest absolute Gasteiger partial charge is 0.408 e. The molecule has 0 saturated carbocycles. The third-order valence-electron chi connectivity index (χ3n) is 7.14. The van der Waals surface area contributed by atoms with Crippen LogP contribution in [0, 0.1) is 11.3 Å². The number of rotatable bonds is 10. The summed E-state index contributed by atoms with van der Waals surface area (Å²) in [6.45, 7) is 8.90. The summed E-state index contributed by atoms with van der Waals surface area (Å²) in [5, 5.41) is 14.6. The van der Waals surface area contributed by atoms with Crippen LogP contribution >= 0.6 is 0 Å². The molecular weight excluding hydrogens is 536 g/mol. The Balaban J connectivity index is 1.81. The normalized spacial score (nSPS) is 16.9. The van der Waals surface area contributed by atoms with E-state index in [9.17, 15) is 19.2 Å². The van der Waals surface area contributed by atoms with Crippen molar-refractivity contribution in [1.29, 1.82) is 5.26 Å². The van der Waals surface area contributed by atoms with Crippen molar-refractivity contribution in [1.82, 2.24) is 15.5 Å². The van der Waals surface area contributed by atoms with Crippen LogP contribution in [0.25, 0.3) is 0 Å². The fourth-order valence-corrected chi connectivity index (χ4v) is 4.60. The van der Waals surface area contributed by atoms with Gasteiger partial charge in [-0.25, -0.2) is 9.59 Å². The van der Waals surface area contributed by atoms with Crippen LogP contribution in [0.4, 0.5) is 4.79 Å². The topological polar surface area (TPSA) is 138 Å². The molecule has 0 spiro atoms. The predicted octanol–water partition coefficient (Wildman–Crippen LogP) is 4.01. The fraction of sp³-hybridized carbons (Fsp3) is 0.469. The number of carbonyl (C=O) groups is 4. The number of alkyl carbamates (subject to hydrolysis) is 1. The number of ether oxygens (including phenoxy) is 2. The molecule has 1 aliphatic heterocycles. The SMILES string of the molecule is CC[C@](C)(NC(=O)OC(C)(C)C)C(=O)N[C@@H](Cc1ccc(C#N)cc1)C(=O)N1CCC[C@@H]1C(=O)OCc1ccccc1. The van der Waals surface area contributed by atoms with Crippen LogP contribution in [-0.4, -0.2) is 58.5 Å². The second-order valence-corrected chi connectivity index (χ2v) is 11.6. The van der Waals surface area contributed by atoms with E-state index in [4.69, 9.17) is 14.7 Å². The minimum absolute atomic E-state index is 0.0921. The first-order valence-electron chi connectivity index (χ1n) is 14.2. The highest BCUT2D eigenvalue weighted by atomic mass is 16.6. The zero-order valence-corrected chi connectivity index (χ0v) is 24.9. The molecule has 1 heterocycles. The minimum Gasteiger partial charge on any atom is -0.459 e. The predicted molar refractivity (Wildman–Crippen MR) is 156 cm³/mol. The Morgan fingerprint density at radius 3 is 2.29 bits per heavy atom. The Bertz CT molecular complexity index is 1300. The average molecular weight is 577 g/mol. The van der Waals surface area contributed by atoms with Crippen molar-refractivity contribution in [2.45, 2.75) is 90.1 Å². The first-order chi connectivity index (χ1) is 19.8. The molecule has 3 rings (SSSR count). The third-order valence-corrected chi connectivity index (χ3v) is 7.14. The Morgan fingerprint density at radius 1 is 1.02 bits per heavy atom. The van der Waals surface area contributed by atoms with Crippen LogP contribution in [0.5, 0.6) is 0 Å². The van der Waals surface area contributed by atoms with Crippen LogP contribution < -0.4 is 10.6 Å². The van der Waals surface area contributed by atoms with E-state index in [2.05, 4.69) is 16.7 Å². The molecule has 1 saturated heterocycles. The zero-order chi connectivity index (χ0) is 30.9. The number of nitriles is 1. The van der Waals surface area contributed by atoms with Gasteiger partial charge in [-0.15, -0.1) is 0 Å². The molecule has 2 aromatic carbocycles. The maximum Gasteiger partial charge on any atom is 0.408 e. The van der Waals surface area contributed by atoms with E-state index in [0.29, 0.717) is 30.5 Å². The molecule has 0 aromatic heterocycles. The Labute approximate surface area is 247 Å². The van der Waals surface area contributed by atoms with Crippen molar-refractivity contribution in [3.63, 3.8) is 0 Å². The zero-order valence-electron chi connectivity index (χ0n) is 24.9. The van der Waals surface area contributed by atoms with E-state index in [1.165, 1.54) is 4.90 Å². The first-order valence-corrected chi connectivity index (χ1v) is 14.2. The molecule has 10 nitrogen and oxygen atoms in total. The molecule has 224 valence electrons. The van der Waals surface area contributed by atoms with Gasteiger partial charge in [-0.3, -0.25) is 9.59 Å². The number of esters is 1. The molecule has 0 unspecified atom stereocenters. The van der Waals surface area contributed by atoms with Crippen LogP contribution in [0.1, 0.15) is 70.6 Å². The molecular formula is C32H40N4O6. The molecule has 1 aliphatic rings. The number of likely N-dealkylation sites (tertiary alicyclic amines) is 1. The maximum absolute atomic E-state index is 14.0. The van der Waals surface area contributed by atoms with Gasteiger partial charge in [0.15, 0.2) is 0 Å². The lowest BCUT2D eigenvalue weighted by Crippen LogP contribution is -2.61. The Kier molecular flexibility index (Phi) is 10.7. The largest absolute Gasteiger partial charge is 0.459 e. The van der Waals surface area contributed by atoms with E-state index < -0.39 is 47.1 Å². The molecule has 2 aromatic rings. The van der Waals surface area contributed by atoms with Gasteiger partial charge in [0.2, 0.25) is 11.8 Å². The fourth-order valence-electron chi connectivity index (χ4n) is 4.60. The van der Waals surface area contributed by atoms with Gasteiger partial charge in [0.25, 0.3) is 0 Å². The molecule has 10 heteroatoms. The summed E-state index contributed by atoms with van der Waals surface area (Å²) in [5.41, 5.74) is -0.114. The molecule has 42 heavy (non-hydrogen) atoms. The van der Waals surface area contributed by atoms with E-state index >= 15 is 0 Å². The van der Waals surface area contributed by atoms with Gasteiger partial charge in [-0.05, 0) is 70.2 Å². The lowest BCUT2D eigenvalue weighted by Gasteiger charge is -2.33. The Hall–Kier alpha value is -4.39. The van der Waals surface area contributed by atoms with Gasteiger partial charge >= 0.3 is 12.1 Å². The number of hydrogen-bond donors (Lipinski definition) is 2. The minimum atomic E-state index is -1.37. The lowest BCUT2D eigenvalue weighted by atomic mass is 9.96. The number of benzene rings is 2. The number of amides is 3. The molecule has 0 aliphatic carbocycles. The maximum atomic E-state index is 14.0. The Morgan fingerprint density at radius 2 is 1.69 bits per heavy atom. The summed E-state index contributed by atoms with van der Waals surface area (Å²) >= 11 is 0. The summed E-state index contributed by atoms with van der Waals surface area (Å²) in [6, 6.07) is 16.2. The second-order valence-electron chi connectivity index (χ2n) is 11.6. The van der Waals surface area contributed by atoms with Crippen LogP contribution in [-0.2, 0) is 36.9 Å². The second kappa shape index (κ2) is 14.0. The summed E-state index contributed by atoms with van der Waals surface area (Å²) in [5.74, 6) is -1.49. The van der Waals surface area contributed by atoms with Crippen molar-refractivity contribution in [2.24, 2.45) is 0 Å². The first kappa shape index (κ1) is 32.1. The molecule has 1 fully saturated rings. The van der Waals surface area contributed by atoms with Gasteiger partial charge in [-0.2, -0.15) is 5.26 Å². The molecule has 2 N–H and O–H groups in total. The molecule has 3 atom stereocenters. The van der Waals surface area contributed by atoms with Crippen molar-refractivity contribution in [3.8, 4) is 6.07 Å². The van der Waals surface area contributed by atoms with Gasteiger partial charge in [0.1, 0.15) is 29.8 Å². The van der Waals surface area contributed by atoms with Crippen LogP contribution in [0.3, 0.4) is 0 Å². The van der Waals surface area contributed by atoms with Crippen LogP contribution in [0.15, 0.2) is 54.6 Å². The molecule has 0 bridgehead atoms. The molecule has 3 amide bonds. The lowest BCUT2D eigenvalue weighted by molar-refractivity contribution is -0.155. The van der Waals surface area contributed by atoms with Crippen molar-refractivity contribution < 1.29 is 28.7 Å². The third kappa shape index (κ3) is 8.80. The highest BCUT2D eigenvalue weighted by Crippen LogP contribution is 2.22. The van der Waals surface area contributed by atoms with Gasteiger partial charge in [0.05, 0.1) is 11.6 Å². The van der Waals surface area contributed by atoms with Gasteiger partial charge in [-0.1, -0.05) is 49.4 Å². The summed E-state index contributed by atoms with van der Waals surface area (Å²) in [7, 11) is 0. The van der Waals surface area contributed by atoms with E-state index in [1.54, 1.807) is 58.9 Å². The van der Waals surface area contributed by atoms with Crippen LogP contribution in [0.2, 0.25) is 0 Å². The average Bonchev–Trinajstić information content (AvgIpc) is 3.45. The monoisotopic (exact) mass is 576 g/mol. The van der Waals surface area contributed by atoms with Gasteiger partial charge in [0, 0.05) is 13.0 Å². The van der Waals surface area contributed by atoms with E-state index in [1.807, 2.05) is 30.3 Å². The van der Waals surface area contributed by atoms with E-state index in [-0.39, 0.29) is 19.4 Å². The summed E-state index contributed by atoms with van der Waals surface area (Å²) in [6.07, 6.45) is 0.654. The number of nitrogens with one attached hydrogen (secondary N) is 2. The van der Waals surface area contributed by atoms with Crippen molar-refractivity contribution in [2.75, 3.05) is 6.54 Å². The van der Waals surface area contributed by atoms with E-state index in [0.717, 1.165) is 5.56 Å². The molecule has 0 radical (unpaired) electrons. The number of carbonyl (C=O) groups excluding carboxylic acids is 4. The standard InChI is InChI=1S/C32H40N4O6/c1-6-32(5,35-30(40)42-31(2,3)4)29(39)34-25(19-22-14-16-23(20-33)17-15-22)27(37)36-18-10-13-26(36)28(38)41-21-24-11-8-7-9-12-24/h7-9,11-12,14-17,25-26H,6,10,13,18-19,21H2,1-5H3,(H,34,39)(H,35,40)/t25-,26+,32-/m0/s1. The quantitative estimate of drug-likeness (QED) is 0.408. The summed E-state index contributed by atoms with van der Waals surface area (Å²) < 4.78 is 10.9.